The quantitative estimate of drug-likeness (QED) is 0.742. The van der Waals surface area contributed by atoms with E-state index in [1.165, 1.54) is 5.56 Å². The van der Waals surface area contributed by atoms with Gasteiger partial charge in [0.15, 0.2) is 0 Å². The highest BCUT2D eigenvalue weighted by Crippen LogP contribution is 2.41. The lowest BCUT2D eigenvalue weighted by atomic mass is 9.72. The van der Waals surface area contributed by atoms with Crippen molar-refractivity contribution in [2.45, 2.75) is 24.7 Å². The summed E-state index contributed by atoms with van der Waals surface area (Å²) in [6.45, 7) is 0. The second kappa shape index (κ2) is 6.00. The Kier molecular flexibility index (Phi) is 3.69. The second-order valence-electron chi connectivity index (χ2n) is 6.40. The summed E-state index contributed by atoms with van der Waals surface area (Å²) in [4.78, 5) is 21.3. The molecule has 0 N–H and O–H groups in total. The van der Waals surface area contributed by atoms with Gasteiger partial charge in [0.2, 0.25) is 0 Å². The predicted octanol–water partition coefficient (Wildman–Crippen LogP) is 3.33. The van der Waals surface area contributed by atoms with Gasteiger partial charge >= 0.3 is 0 Å². The van der Waals surface area contributed by atoms with E-state index in [4.69, 9.17) is 0 Å². The Balaban J connectivity index is 1.82. The maximum Gasteiger partial charge on any atom is 0.148 e. The molecule has 1 aromatic carbocycles. The summed E-state index contributed by atoms with van der Waals surface area (Å²) in [5.41, 5.74) is 4.11. The van der Waals surface area contributed by atoms with E-state index in [-0.39, 0.29) is 0 Å². The first-order chi connectivity index (χ1) is 11.8. The van der Waals surface area contributed by atoms with Gasteiger partial charge in [-0.1, -0.05) is 24.3 Å². The van der Waals surface area contributed by atoms with Crippen LogP contribution in [-0.4, -0.2) is 15.8 Å². The molecule has 1 aliphatic rings. The Labute approximate surface area is 141 Å². The molecule has 118 valence electrons. The fourth-order valence-corrected chi connectivity index (χ4v) is 3.78. The van der Waals surface area contributed by atoms with Gasteiger partial charge in [-0.2, -0.15) is 0 Å². The van der Waals surface area contributed by atoms with Gasteiger partial charge in [0.25, 0.3) is 0 Å². The monoisotopic (exact) mass is 314 g/mol. The van der Waals surface area contributed by atoms with E-state index in [1.54, 1.807) is 24.8 Å². The van der Waals surface area contributed by atoms with Crippen LogP contribution < -0.4 is 0 Å². The highest BCUT2D eigenvalue weighted by atomic mass is 16.1. The molecule has 0 radical (unpaired) electrons. The molecule has 0 atom stereocenters. The summed E-state index contributed by atoms with van der Waals surface area (Å²) >= 11 is 0. The van der Waals surface area contributed by atoms with Gasteiger partial charge in [-0.05, 0) is 59.4 Å². The van der Waals surface area contributed by atoms with Gasteiger partial charge < -0.3 is 0 Å². The SMILES string of the molecule is O=C1Cc2ccccc2C1(Cc1ccncc1)Cc1ccncc1. The van der Waals surface area contributed by atoms with E-state index in [0.29, 0.717) is 25.0 Å². The fraction of sp³-hybridized carbons (Fsp3) is 0.190. The zero-order valence-electron chi connectivity index (χ0n) is 13.4. The molecule has 4 rings (SSSR count). The van der Waals surface area contributed by atoms with Crippen LogP contribution in [0.5, 0.6) is 0 Å². The minimum atomic E-state index is -0.501. The van der Waals surface area contributed by atoms with E-state index < -0.39 is 5.41 Å². The van der Waals surface area contributed by atoms with Crippen LogP contribution in [0.1, 0.15) is 22.3 Å². The molecule has 2 aromatic heterocycles. The summed E-state index contributed by atoms with van der Waals surface area (Å²) in [5.74, 6) is 0.303. The number of benzene rings is 1. The summed E-state index contributed by atoms with van der Waals surface area (Å²) in [5, 5.41) is 0. The van der Waals surface area contributed by atoms with Crippen LogP contribution in [0.3, 0.4) is 0 Å². The van der Waals surface area contributed by atoms with Gasteiger partial charge in [0, 0.05) is 31.2 Å². The first-order valence-corrected chi connectivity index (χ1v) is 8.17. The van der Waals surface area contributed by atoms with Crippen molar-refractivity contribution < 1.29 is 4.79 Å². The third kappa shape index (κ3) is 2.52. The van der Waals surface area contributed by atoms with Crippen LogP contribution in [0, 0.1) is 0 Å². The van der Waals surface area contributed by atoms with E-state index in [9.17, 15) is 4.79 Å². The molecule has 0 saturated carbocycles. The summed E-state index contributed by atoms with van der Waals surface area (Å²) in [6.07, 6.45) is 9.09. The number of Topliss-reactive ketones (excluding diaryl/α,β-unsaturated/α-hetero) is 1. The molecule has 0 spiro atoms. The van der Waals surface area contributed by atoms with Crippen molar-refractivity contribution >= 4 is 5.78 Å². The molecule has 3 aromatic rings. The summed E-state index contributed by atoms with van der Waals surface area (Å²) in [7, 11) is 0. The van der Waals surface area contributed by atoms with Crippen LogP contribution in [0.25, 0.3) is 0 Å². The molecule has 1 aliphatic carbocycles. The molecule has 0 aliphatic heterocycles. The number of rotatable bonds is 4. The Morgan fingerprint density at radius 2 is 1.33 bits per heavy atom. The molecular formula is C21H18N2O. The number of aromatic nitrogens is 2. The molecule has 24 heavy (non-hydrogen) atoms. The molecule has 3 nitrogen and oxygen atoms in total. The highest BCUT2D eigenvalue weighted by molar-refractivity contribution is 5.97. The Bertz CT molecular complexity index is 818. The average Bonchev–Trinajstić information content (AvgIpc) is 2.89. The van der Waals surface area contributed by atoms with Crippen molar-refractivity contribution in [3.63, 3.8) is 0 Å². The predicted molar refractivity (Wildman–Crippen MR) is 92.7 cm³/mol. The van der Waals surface area contributed by atoms with E-state index in [0.717, 1.165) is 16.7 Å². The molecule has 2 heterocycles. The van der Waals surface area contributed by atoms with Gasteiger partial charge in [-0.25, -0.2) is 0 Å². The van der Waals surface area contributed by atoms with Crippen LogP contribution >= 0.6 is 0 Å². The van der Waals surface area contributed by atoms with Crippen LogP contribution in [0.4, 0.5) is 0 Å². The number of hydrogen-bond donors (Lipinski definition) is 0. The molecule has 0 saturated heterocycles. The Hall–Kier alpha value is -2.81. The zero-order valence-corrected chi connectivity index (χ0v) is 13.4. The topological polar surface area (TPSA) is 42.9 Å². The molecular weight excluding hydrogens is 296 g/mol. The molecule has 3 heteroatoms. The third-order valence-electron chi connectivity index (χ3n) is 4.93. The van der Waals surface area contributed by atoms with Crippen molar-refractivity contribution in [3.05, 3.63) is 95.6 Å². The average molecular weight is 314 g/mol. The number of nitrogens with zero attached hydrogens (tertiary/aromatic N) is 2. The van der Waals surface area contributed by atoms with E-state index in [2.05, 4.69) is 22.1 Å². The van der Waals surface area contributed by atoms with Crippen molar-refractivity contribution in [2.75, 3.05) is 0 Å². The van der Waals surface area contributed by atoms with Crippen LogP contribution in [0.15, 0.2) is 73.3 Å². The number of pyridine rings is 2. The third-order valence-corrected chi connectivity index (χ3v) is 4.93. The maximum absolute atomic E-state index is 13.1. The van der Waals surface area contributed by atoms with Gasteiger partial charge in [0.05, 0.1) is 5.41 Å². The first kappa shape index (κ1) is 14.8. The van der Waals surface area contributed by atoms with E-state index >= 15 is 0 Å². The first-order valence-electron chi connectivity index (χ1n) is 8.17. The minimum Gasteiger partial charge on any atom is -0.298 e. The molecule has 0 fully saturated rings. The summed E-state index contributed by atoms with van der Waals surface area (Å²) in [6, 6.07) is 16.2. The fourth-order valence-electron chi connectivity index (χ4n) is 3.78. The van der Waals surface area contributed by atoms with Crippen molar-refractivity contribution in [1.29, 1.82) is 0 Å². The van der Waals surface area contributed by atoms with Gasteiger partial charge in [-0.15, -0.1) is 0 Å². The van der Waals surface area contributed by atoms with Gasteiger partial charge in [-0.3, -0.25) is 14.8 Å². The maximum atomic E-state index is 13.1. The number of ketones is 1. The zero-order chi connectivity index (χ0) is 16.4. The lowest BCUT2D eigenvalue weighted by molar-refractivity contribution is -0.122. The lowest BCUT2D eigenvalue weighted by Gasteiger charge is -2.29. The molecule has 0 bridgehead atoms. The smallest absolute Gasteiger partial charge is 0.148 e. The van der Waals surface area contributed by atoms with E-state index in [1.807, 2.05) is 36.4 Å². The molecule has 0 unspecified atom stereocenters. The lowest BCUT2D eigenvalue weighted by Crippen LogP contribution is -2.37. The largest absolute Gasteiger partial charge is 0.298 e. The Morgan fingerprint density at radius 1 is 0.792 bits per heavy atom. The number of fused-ring (bicyclic) bond motifs is 1. The standard InChI is InChI=1S/C21H18N2O/c24-20-13-18-3-1-2-4-19(18)21(20,14-16-5-9-22-10-6-16)15-17-7-11-23-12-8-17/h1-12H,13-15H2. The number of carbonyl (C=O) groups is 1. The van der Waals surface area contributed by atoms with Crippen molar-refractivity contribution in [3.8, 4) is 0 Å². The minimum absolute atomic E-state index is 0.303. The number of carbonyl (C=O) groups excluding carboxylic acids is 1. The Morgan fingerprint density at radius 3 is 1.92 bits per heavy atom. The van der Waals surface area contributed by atoms with Crippen molar-refractivity contribution in [1.82, 2.24) is 9.97 Å². The molecule has 0 amide bonds. The van der Waals surface area contributed by atoms with Gasteiger partial charge in [0.1, 0.15) is 5.78 Å². The highest BCUT2D eigenvalue weighted by Gasteiger charge is 2.45. The number of hydrogen-bond acceptors (Lipinski definition) is 3. The van der Waals surface area contributed by atoms with Crippen LogP contribution in [-0.2, 0) is 29.5 Å². The normalized spacial score (nSPS) is 15.2. The second-order valence-corrected chi connectivity index (χ2v) is 6.40. The summed E-state index contributed by atoms with van der Waals surface area (Å²) < 4.78 is 0. The van der Waals surface area contributed by atoms with Crippen molar-refractivity contribution in [2.24, 2.45) is 0 Å². The van der Waals surface area contributed by atoms with Crippen LogP contribution in [0.2, 0.25) is 0 Å².